The van der Waals surface area contributed by atoms with Gasteiger partial charge in [-0.05, 0) is 67.5 Å². The molecule has 3 aromatic rings. The summed E-state index contributed by atoms with van der Waals surface area (Å²) in [7, 11) is 0. The number of hydrogen-bond donors (Lipinski definition) is 3. The van der Waals surface area contributed by atoms with Gasteiger partial charge in [-0.2, -0.15) is 0 Å². The van der Waals surface area contributed by atoms with Crippen molar-refractivity contribution in [2.45, 2.75) is 43.7 Å². The van der Waals surface area contributed by atoms with Gasteiger partial charge in [-0.3, -0.25) is 0 Å². The van der Waals surface area contributed by atoms with Crippen LogP contribution in [-0.4, -0.2) is 30.2 Å². The van der Waals surface area contributed by atoms with Gasteiger partial charge in [-0.25, -0.2) is 4.39 Å². The standard InChI is InChI=1S/C23H26FN3O/c24-16-7-10-21-19(11-16)20(13-26-21)15-5-8-17(9-6-15)25-12-18-14-28-23-4-2-1-3-22(23)27-18/h1-4,7,10-11,13,15,17-18,25-27H,5-6,8-9,12,14H2/t15-,17-,18?. The van der Waals surface area contributed by atoms with Crippen LogP contribution >= 0.6 is 0 Å². The first-order valence-corrected chi connectivity index (χ1v) is 10.2. The minimum Gasteiger partial charge on any atom is -0.489 e. The average Bonchev–Trinajstić information content (AvgIpc) is 3.15. The number of para-hydroxylation sites is 2. The van der Waals surface area contributed by atoms with E-state index in [0.29, 0.717) is 24.6 Å². The van der Waals surface area contributed by atoms with Crippen molar-refractivity contribution in [1.29, 1.82) is 0 Å². The quantitative estimate of drug-likeness (QED) is 0.610. The van der Waals surface area contributed by atoms with Crippen molar-refractivity contribution in [3.05, 3.63) is 60.0 Å². The zero-order valence-corrected chi connectivity index (χ0v) is 15.9. The molecule has 4 nitrogen and oxygen atoms in total. The molecule has 146 valence electrons. The monoisotopic (exact) mass is 379 g/mol. The number of halogens is 1. The van der Waals surface area contributed by atoms with E-state index in [1.54, 1.807) is 6.07 Å². The topological polar surface area (TPSA) is 49.1 Å². The number of ether oxygens (including phenoxy) is 1. The number of hydrogen-bond acceptors (Lipinski definition) is 3. The molecule has 0 saturated heterocycles. The Kier molecular flexibility index (Phi) is 4.69. The fourth-order valence-electron chi connectivity index (χ4n) is 4.64. The van der Waals surface area contributed by atoms with Crippen LogP contribution in [0.4, 0.5) is 10.1 Å². The molecule has 0 bridgehead atoms. The second kappa shape index (κ2) is 7.47. The van der Waals surface area contributed by atoms with Gasteiger partial charge in [0.2, 0.25) is 0 Å². The summed E-state index contributed by atoms with van der Waals surface area (Å²) in [6.45, 7) is 1.60. The number of rotatable bonds is 4. The summed E-state index contributed by atoms with van der Waals surface area (Å²) in [5.74, 6) is 1.29. The molecule has 2 heterocycles. The summed E-state index contributed by atoms with van der Waals surface area (Å²) >= 11 is 0. The molecule has 1 aliphatic carbocycles. The molecule has 0 radical (unpaired) electrons. The molecule has 1 saturated carbocycles. The van der Waals surface area contributed by atoms with Crippen LogP contribution in [0.2, 0.25) is 0 Å². The Hall–Kier alpha value is -2.53. The second-order valence-electron chi connectivity index (χ2n) is 8.04. The van der Waals surface area contributed by atoms with Crippen LogP contribution in [0.15, 0.2) is 48.7 Å². The van der Waals surface area contributed by atoms with Gasteiger partial charge in [0.15, 0.2) is 0 Å². The van der Waals surface area contributed by atoms with E-state index in [1.165, 1.54) is 11.6 Å². The Balaban J connectivity index is 1.15. The van der Waals surface area contributed by atoms with Crippen LogP contribution in [0.1, 0.15) is 37.2 Å². The van der Waals surface area contributed by atoms with Gasteiger partial charge < -0.3 is 20.4 Å². The van der Waals surface area contributed by atoms with E-state index in [-0.39, 0.29) is 5.82 Å². The maximum Gasteiger partial charge on any atom is 0.142 e. The van der Waals surface area contributed by atoms with Crippen molar-refractivity contribution in [2.24, 2.45) is 0 Å². The highest BCUT2D eigenvalue weighted by Gasteiger charge is 2.25. The van der Waals surface area contributed by atoms with Crippen molar-refractivity contribution in [1.82, 2.24) is 10.3 Å². The van der Waals surface area contributed by atoms with Crippen molar-refractivity contribution >= 4 is 16.6 Å². The number of H-pyrrole nitrogens is 1. The van der Waals surface area contributed by atoms with E-state index in [4.69, 9.17) is 4.74 Å². The van der Waals surface area contributed by atoms with E-state index < -0.39 is 0 Å². The minimum atomic E-state index is -0.160. The Morgan fingerprint density at radius 3 is 2.82 bits per heavy atom. The van der Waals surface area contributed by atoms with Crippen LogP contribution in [0.3, 0.4) is 0 Å². The summed E-state index contributed by atoms with van der Waals surface area (Å²) in [5, 5.41) is 8.33. The lowest BCUT2D eigenvalue weighted by atomic mass is 9.81. The fourth-order valence-corrected chi connectivity index (χ4v) is 4.64. The maximum absolute atomic E-state index is 13.7. The number of benzene rings is 2. The summed E-state index contributed by atoms with van der Waals surface area (Å²) < 4.78 is 19.5. The lowest BCUT2D eigenvalue weighted by Crippen LogP contribution is -2.44. The molecular weight excluding hydrogens is 353 g/mol. The van der Waals surface area contributed by atoms with Crippen molar-refractivity contribution < 1.29 is 9.13 Å². The molecule has 28 heavy (non-hydrogen) atoms. The molecule has 5 heteroatoms. The molecule has 1 aromatic heterocycles. The smallest absolute Gasteiger partial charge is 0.142 e. The molecule has 1 atom stereocenters. The predicted octanol–water partition coefficient (Wildman–Crippen LogP) is 4.80. The fraction of sp³-hybridized carbons (Fsp3) is 0.391. The highest BCUT2D eigenvalue weighted by Crippen LogP contribution is 2.37. The van der Waals surface area contributed by atoms with E-state index >= 15 is 0 Å². The molecule has 1 fully saturated rings. The Bertz CT molecular complexity index is 961. The highest BCUT2D eigenvalue weighted by atomic mass is 19.1. The third-order valence-electron chi connectivity index (χ3n) is 6.18. The average molecular weight is 379 g/mol. The van der Waals surface area contributed by atoms with Crippen LogP contribution in [-0.2, 0) is 0 Å². The van der Waals surface area contributed by atoms with Crippen molar-refractivity contribution in [3.8, 4) is 5.75 Å². The Labute approximate surface area is 164 Å². The molecule has 2 aliphatic rings. The number of fused-ring (bicyclic) bond motifs is 2. The van der Waals surface area contributed by atoms with E-state index in [0.717, 1.165) is 54.6 Å². The highest BCUT2D eigenvalue weighted by molar-refractivity contribution is 5.83. The maximum atomic E-state index is 13.7. The first kappa shape index (κ1) is 17.6. The Morgan fingerprint density at radius 2 is 1.93 bits per heavy atom. The number of aromatic nitrogens is 1. The summed E-state index contributed by atoms with van der Waals surface area (Å²) in [6.07, 6.45) is 6.65. The van der Waals surface area contributed by atoms with Crippen LogP contribution < -0.4 is 15.4 Å². The molecule has 5 rings (SSSR count). The molecule has 3 N–H and O–H groups in total. The third kappa shape index (κ3) is 3.47. The largest absolute Gasteiger partial charge is 0.489 e. The molecule has 0 amide bonds. The number of anilines is 1. The molecular formula is C23H26FN3O. The summed E-state index contributed by atoms with van der Waals surface area (Å²) in [6, 6.07) is 14.0. The van der Waals surface area contributed by atoms with Crippen LogP contribution in [0, 0.1) is 5.82 Å². The minimum absolute atomic E-state index is 0.160. The summed E-state index contributed by atoms with van der Waals surface area (Å²) in [4.78, 5) is 3.30. The first-order chi connectivity index (χ1) is 13.8. The van der Waals surface area contributed by atoms with Crippen molar-refractivity contribution in [2.75, 3.05) is 18.5 Å². The SMILES string of the molecule is Fc1ccc2[nH]cc([C@H]3CC[C@H](NCC4COc5ccccc5N4)CC3)c2c1. The van der Waals surface area contributed by atoms with Crippen LogP contribution in [0.25, 0.3) is 10.9 Å². The van der Waals surface area contributed by atoms with Gasteiger partial charge in [-0.1, -0.05) is 12.1 Å². The number of nitrogens with one attached hydrogen (secondary N) is 3. The molecule has 1 aliphatic heterocycles. The first-order valence-electron chi connectivity index (χ1n) is 10.2. The van der Waals surface area contributed by atoms with Crippen LogP contribution in [0.5, 0.6) is 5.75 Å². The van der Waals surface area contributed by atoms with Crippen molar-refractivity contribution in [3.63, 3.8) is 0 Å². The van der Waals surface area contributed by atoms with Gasteiger partial charge in [0.05, 0.1) is 11.7 Å². The predicted molar refractivity (Wildman–Crippen MR) is 111 cm³/mol. The van der Waals surface area contributed by atoms with E-state index in [9.17, 15) is 4.39 Å². The zero-order chi connectivity index (χ0) is 18.9. The van der Waals surface area contributed by atoms with Gasteiger partial charge in [-0.15, -0.1) is 0 Å². The van der Waals surface area contributed by atoms with Gasteiger partial charge in [0.25, 0.3) is 0 Å². The molecule has 0 spiro atoms. The van der Waals surface area contributed by atoms with E-state index in [2.05, 4.69) is 27.9 Å². The van der Waals surface area contributed by atoms with E-state index in [1.807, 2.05) is 24.3 Å². The second-order valence-corrected chi connectivity index (χ2v) is 8.04. The zero-order valence-electron chi connectivity index (χ0n) is 15.9. The Morgan fingerprint density at radius 1 is 1.07 bits per heavy atom. The van der Waals surface area contributed by atoms with Gasteiger partial charge in [0, 0.05) is 29.7 Å². The van der Waals surface area contributed by atoms with Gasteiger partial charge in [0.1, 0.15) is 18.2 Å². The molecule has 2 aromatic carbocycles. The normalized spacial score (nSPS) is 24.4. The molecule has 1 unspecified atom stereocenters. The summed E-state index contributed by atoms with van der Waals surface area (Å²) in [5.41, 5.74) is 3.38. The lowest BCUT2D eigenvalue weighted by Gasteiger charge is -2.32. The number of aromatic amines is 1. The lowest BCUT2D eigenvalue weighted by molar-refractivity contribution is 0.267. The third-order valence-corrected chi connectivity index (χ3v) is 6.18. The van der Waals surface area contributed by atoms with Gasteiger partial charge >= 0.3 is 0 Å².